The number of anilines is 1. The molecule has 0 saturated carbocycles. The Morgan fingerprint density at radius 3 is 2.58 bits per heavy atom. The maximum atomic E-state index is 13.5. The van der Waals surface area contributed by atoms with Crippen LogP contribution in [0.1, 0.15) is 26.3 Å². The minimum absolute atomic E-state index is 0.0429. The number of nitrogens with one attached hydrogen (secondary N) is 1. The monoisotopic (exact) mass is 515 g/mol. The molecule has 0 aliphatic carbocycles. The third-order valence-corrected chi connectivity index (χ3v) is 7.94. The SMILES string of the molecule is C[C@@H]1CN([C@@H](C)CO)S(=O)(=O)c2ccc(C#C[C@@H](C)O)cc2O[C@@H]1CN(C)C(=O)Nc1ccccc1. The number of sulfonamides is 1. The molecule has 1 aliphatic heterocycles. The van der Waals surface area contributed by atoms with Crippen LogP contribution in [0.2, 0.25) is 0 Å². The summed E-state index contributed by atoms with van der Waals surface area (Å²) in [6.45, 7) is 4.97. The second-order valence-electron chi connectivity index (χ2n) is 9.02. The van der Waals surface area contributed by atoms with Crippen LogP contribution >= 0.6 is 0 Å². The van der Waals surface area contributed by atoms with E-state index in [2.05, 4.69) is 17.2 Å². The summed E-state index contributed by atoms with van der Waals surface area (Å²) < 4.78 is 34.6. The van der Waals surface area contributed by atoms with Crippen molar-refractivity contribution in [3.05, 3.63) is 54.1 Å². The molecule has 0 radical (unpaired) electrons. The summed E-state index contributed by atoms with van der Waals surface area (Å²) in [6, 6.07) is 12.6. The molecule has 2 aromatic carbocycles. The number of nitrogens with zero attached hydrogens (tertiary/aromatic N) is 2. The average molecular weight is 516 g/mol. The van der Waals surface area contributed by atoms with Gasteiger partial charge in [0.25, 0.3) is 0 Å². The molecule has 1 aliphatic rings. The van der Waals surface area contributed by atoms with Crippen LogP contribution in [0.15, 0.2) is 53.4 Å². The van der Waals surface area contributed by atoms with Crippen molar-refractivity contribution in [2.24, 2.45) is 5.92 Å². The zero-order valence-electron chi connectivity index (χ0n) is 20.9. The molecule has 9 nitrogen and oxygen atoms in total. The van der Waals surface area contributed by atoms with Gasteiger partial charge in [0, 0.05) is 36.8 Å². The van der Waals surface area contributed by atoms with Crippen LogP contribution in [0.5, 0.6) is 5.75 Å². The lowest BCUT2D eigenvalue weighted by atomic mass is 10.0. The van der Waals surface area contributed by atoms with Crippen molar-refractivity contribution in [3.8, 4) is 17.6 Å². The van der Waals surface area contributed by atoms with Crippen molar-refractivity contribution < 1.29 is 28.2 Å². The highest BCUT2D eigenvalue weighted by atomic mass is 32.2. The summed E-state index contributed by atoms with van der Waals surface area (Å²) in [5.41, 5.74) is 1.13. The Kier molecular flexibility index (Phi) is 8.98. The molecule has 2 aromatic rings. The number of fused-ring (bicyclic) bond motifs is 1. The molecule has 0 unspecified atom stereocenters. The van der Waals surface area contributed by atoms with Crippen LogP contribution in [-0.2, 0) is 10.0 Å². The van der Waals surface area contributed by atoms with Gasteiger partial charge in [0.15, 0.2) is 0 Å². The largest absolute Gasteiger partial charge is 0.487 e. The minimum Gasteiger partial charge on any atom is -0.487 e. The van der Waals surface area contributed by atoms with Gasteiger partial charge in [-0.15, -0.1) is 0 Å². The van der Waals surface area contributed by atoms with Gasteiger partial charge in [-0.25, -0.2) is 13.2 Å². The van der Waals surface area contributed by atoms with E-state index in [1.165, 1.54) is 28.3 Å². The fraction of sp³-hybridized carbons (Fsp3) is 0.423. The number of benzene rings is 2. The van der Waals surface area contributed by atoms with Crippen LogP contribution in [0, 0.1) is 17.8 Å². The Balaban J connectivity index is 1.96. The maximum absolute atomic E-state index is 13.5. The van der Waals surface area contributed by atoms with Crippen LogP contribution in [-0.4, -0.2) is 78.9 Å². The standard InChI is InChI=1S/C26H33N3O6S/c1-18-15-29(19(2)17-30)36(33,34)25-13-12-21(11-10-20(3)31)14-23(25)35-24(18)16-28(4)26(32)27-22-8-6-5-7-9-22/h5-9,12-14,18-20,24,30-31H,15-17H2,1-4H3,(H,27,32)/t18-,19+,20-,24-/m1/s1. The van der Waals surface area contributed by atoms with Gasteiger partial charge >= 0.3 is 6.03 Å². The van der Waals surface area contributed by atoms with E-state index < -0.39 is 28.3 Å². The third kappa shape index (κ3) is 6.56. The van der Waals surface area contributed by atoms with E-state index >= 15 is 0 Å². The molecule has 0 aromatic heterocycles. The molecule has 0 spiro atoms. The smallest absolute Gasteiger partial charge is 0.321 e. The van der Waals surface area contributed by atoms with Crippen molar-refractivity contribution in [3.63, 3.8) is 0 Å². The number of rotatable bonds is 5. The first kappa shape index (κ1) is 27.5. The summed E-state index contributed by atoms with van der Waals surface area (Å²) in [4.78, 5) is 14.2. The third-order valence-electron chi connectivity index (χ3n) is 5.92. The van der Waals surface area contributed by atoms with Crippen LogP contribution < -0.4 is 10.1 Å². The number of hydrogen-bond acceptors (Lipinski definition) is 6. The molecule has 1 heterocycles. The highest BCUT2D eigenvalue weighted by Crippen LogP contribution is 2.34. The Labute approximate surface area is 212 Å². The van der Waals surface area contributed by atoms with E-state index in [9.17, 15) is 23.4 Å². The van der Waals surface area contributed by atoms with Gasteiger partial charge in [0.05, 0.1) is 13.2 Å². The van der Waals surface area contributed by atoms with Crippen molar-refractivity contribution >= 4 is 21.7 Å². The van der Waals surface area contributed by atoms with Crippen molar-refractivity contribution in [2.75, 3.05) is 32.1 Å². The number of ether oxygens (including phenoxy) is 1. The lowest BCUT2D eigenvalue weighted by Gasteiger charge is -2.37. The normalized spacial score (nSPS) is 20.8. The predicted octanol–water partition coefficient (Wildman–Crippen LogP) is 2.35. The molecule has 10 heteroatoms. The first-order chi connectivity index (χ1) is 17.0. The van der Waals surface area contributed by atoms with Gasteiger partial charge in [0.1, 0.15) is 22.9 Å². The van der Waals surface area contributed by atoms with Gasteiger partial charge in [-0.2, -0.15) is 4.31 Å². The van der Waals surface area contributed by atoms with E-state index in [0.29, 0.717) is 11.3 Å². The van der Waals surface area contributed by atoms with E-state index in [-0.39, 0.29) is 42.3 Å². The van der Waals surface area contributed by atoms with Gasteiger partial charge in [-0.1, -0.05) is 37.0 Å². The first-order valence-corrected chi connectivity index (χ1v) is 13.2. The quantitative estimate of drug-likeness (QED) is 0.526. The molecular weight excluding hydrogens is 482 g/mol. The summed E-state index contributed by atoms with van der Waals surface area (Å²) in [6.07, 6.45) is -1.40. The van der Waals surface area contributed by atoms with Crippen LogP contribution in [0.3, 0.4) is 0 Å². The molecule has 3 rings (SSSR count). The fourth-order valence-electron chi connectivity index (χ4n) is 3.80. The highest BCUT2D eigenvalue weighted by Gasteiger charge is 2.38. The highest BCUT2D eigenvalue weighted by molar-refractivity contribution is 7.89. The molecule has 2 amide bonds. The van der Waals surface area contributed by atoms with Crippen molar-refractivity contribution in [2.45, 2.75) is 43.9 Å². The summed E-state index contributed by atoms with van der Waals surface area (Å²) in [7, 11) is -2.34. The van der Waals surface area contributed by atoms with Gasteiger partial charge in [0.2, 0.25) is 10.0 Å². The summed E-state index contributed by atoms with van der Waals surface area (Å²) >= 11 is 0. The van der Waals surface area contributed by atoms with Gasteiger partial charge < -0.3 is 25.2 Å². The molecule has 0 fully saturated rings. The topological polar surface area (TPSA) is 119 Å². The Morgan fingerprint density at radius 2 is 1.94 bits per heavy atom. The number of aliphatic hydroxyl groups excluding tert-OH is 2. The number of carbonyl (C=O) groups is 1. The number of amides is 2. The zero-order chi connectivity index (χ0) is 26.5. The second kappa shape index (κ2) is 11.8. The molecule has 0 bridgehead atoms. The predicted molar refractivity (Wildman–Crippen MR) is 137 cm³/mol. The van der Waals surface area contributed by atoms with Crippen LogP contribution in [0.4, 0.5) is 10.5 Å². The lowest BCUT2D eigenvalue weighted by molar-refractivity contribution is 0.0830. The van der Waals surface area contributed by atoms with Crippen molar-refractivity contribution in [1.29, 1.82) is 0 Å². The summed E-state index contributed by atoms with van der Waals surface area (Å²) in [5, 5.41) is 22.1. The fourth-order valence-corrected chi connectivity index (χ4v) is 5.63. The number of likely N-dealkylation sites (N-methyl/N-ethyl adjacent to an activating group) is 1. The maximum Gasteiger partial charge on any atom is 0.321 e. The molecule has 3 N–H and O–H groups in total. The second-order valence-corrected chi connectivity index (χ2v) is 10.9. The number of para-hydroxylation sites is 1. The molecule has 4 atom stereocenters. The van der Waals surface area contributed by atoms with Crippen molar-refractivity contribution in [1.82, 2.24) is 9.21 Å². The van der Waals surface area contributed by atoms with E-state index in [1.807, 2.05) is 25.1 Å². The number of hydrogen-bond donors (Lipinski definition) is 3. The van der Waals surface area contributed by atoms with E-state index in [1.54, 1.807) is 32.2 Å². The molecule has 36 heavy (non-hydrogen) atoms. The number of urea groups is 1. The molecular formula is C26H33N3O6S. The number of carbonyl (C=O) groups excluding carboxylic acids is 1. The molecule has 0 saturated heterocycles. The van der Waals surface area contributed by atoms with E-state index in [4.69, 9.17) is 4.74 Å². The van der Waals surface area contributed by atoms with E-state index in [0.717, 1.165) is 0 Å². The average Bonchev–Trinajstić information content (AvgIpc) is 2.84. The Bertz CT molecular complexity index is 1220. The minimum atomic E-state index is -3.99. The van der Waals surface area contributed by atoms with Gasteiger partial charge in [-0.05, 0) is 44.2 Å². The van der Waals surface area contributed by atoms with Crippen LogP contribution in [0.25, 0.3) is 0 Å². The summed E-state index contributed by atoms with van der Waals surface area (Å²) in [5.74, 6) is 5.24. The Morgan fingerprint density at radius 1 is 1.25 bits per heavy atom. The number of aliphatic hydroxyl groups is 2. The zero-order valence-corrected chi connectivity index (χ0v) is 21.7. The lowest BCUT2D eigenvalue weighted by Crippen LogP contribution is -2.50. The molecule has 194 valence electrons. The first-order valence-electron chi connectivity index (χ1n) is 11.7. The van der Waals surface area contributed by atoms with Gasteiger partial charge in [-0.3, -0.25) is 0 Å². The Hall–Kier alpha value is -3.10.